The first kappa shape index (κ1) is 24.8. The third kappa shape index (κ3) is 8.31. The van der Waals surface area contributed by atoms with Crippen molar-refractivity contribution in [2.75, 3.05) is 26.3 Å². The molecule has 1 aliphatic rings. The summed E-state index contributed by atoms with van der Waals surface area (Å²) in [6.45, 7) is 2.45. The Morgan fingerprint density at radius 2 is 1.97 bits per heavy atom. The monoisotopic (exact) mass is 552 g/mol. The average Bonchev–Trinajstić information content (AvgIpc) is 2.74. The number of aliphatic imine (C=N–C) groups is 1. The van der Waals surface area contributed by atoms with Crippen LogP contribution in [-0.4, -0.2) is 49.5 Å². The molecule has 170 valence electrons. The molecular formula is C20H24F3IN4O3. The normalized spacial score (nSPS) is 15.6. The lowest BCUT2D eigenvalue weighted by molar-refractivity contribution is -0.154. The number of aromatic nitrogens is 1. The van der Waals surface area contributed by atoms with Crippen LogP contribution in [0.5, 0.6) is 17.4 Å². The van der Waals surface area contributed by atoms with Crippen LogP contribution in [0.4, 0.5) is 13.2 Å². The number of alkyl halides is 3. The van der Waals surface area contributed by atoms with Crippen LogP contribution in [0.15, 0.2) is 47.6 Å². The van der Waals surface area contributed by atoms with Gasteiger partial charge < -0.3 is 24.8 Å². The van der Waals surface area contributed by atoms with Gasteiger partial charge in [-0.05, 0) is 24.6 Å². The fraction of sp³-hybridized carbons (Fsp3) is 0.400. The number of benzene rings is 1. The second-order valence-electron chi connectivity index (χ2n) is 6.48. The highest BCUT2D eigenvalue weighted by Gasteiger charge is 2.28. The Hall–Kier alpha value is -2.44. The number of pyridine rings is 1. The first-order chi connectivity index (χ1) is 14.4. The zero-order valence-corrected chi connectivity index (χ0v) is 19.1. The molecule has 1 atom stereocenters. The molecule has 31 heavy (non-hydrogen) atoms. The summed E-state index contributed by atoms with van der Waals surface area (Å²) < 4.78 is 52.7. The van der Waals surface area contributed by atoms with Crippen LogP contribution < -0.4 is 24.8 Å². The minimum absolute atomic E-state index is 0. The van der Waals surface area contributed by atoms with Gasteiger partial charge in [0, 0.05) is 18.8 Å². The Bertz CT molecular complexity index is 850. The Kier molecular flexibility index (Phi) is 9.46. The minimum atomic E-state index is -4.40. The molecule has 0 spiro atoms. The van der Waals surface area contributed by atoms with Gasteiger partial charge in [0.2, 0.25) is 5.88 Å². The van der Waals surface area contributed by atoms with Crippen molar-refractivity contribution < 1.29 is 27.4 Å². The Labute approximate surface area is 195 Å². The van der Waals surface area contributed by atoms with E-state index >= 15 is 0 Å². The molecule has 0 fully saturated rings. The molecule has 0 saturated carbocycles. The van der Waals surface area contributed by atoms with Gasteiger partial charge in [-0.15, -0.1) is 24.0 Å². The molecule has 7 nitrogen and oxygen atoms in total. The van der Waals surface area contributed by atoms with E-state index in [0.717, 1.165) is 11.3 Å². The maximum absolute atomic E-state index is 12.2. The van der Waals surface area contributed by atoms with E-state index in [4.69, 9.17) is 9.47 Å². The number of ether oxygens (including phenoxy) is 3. The summed E-state index contributed by atoms with van der Waals surface area (Å²) in [5, 5.41) is 6.34. The van der Waals surface area contributed by atoms with E-state index in [-0.39, 0.29) is 36.0 Å². The van der Waals surface area contributed by atoms with E-state index in [9.17, 15) is 13.2 Å². The van der Waals surface area contributed by atoms with Crippen molar-refractivity contribution in [2.45, 2.75) is 25.7 Å². The molecule has 0 aliphatic carbocycles. The van der Waals surface area contributed by atoms with E-state index < -0.39 is 12.8 Å². The molecule has 1 aromatic carbocycles. The fourth-order valence-electron chi connectivity index (χ4n) is 2.63. The third-order valence-corrected chi connectivity index (χ3v) is 4.01. The number of nitrogens with one attached hydrogen (secondary N) is 2. The maximum Gasteiger partial charge on any atom is 0.422 e. The largest absolute Gasteiger partial charge is 0.486 e. The van der Waals surface area contributed by atoms with E-state index in [1.165, 1.54) is 12.3 Å². The smallest absolute Gasteiger partial charge is 0.422 e. The molecule has 0 amide bonds. The molecule has 0 bridgehead atoms. The van der Waals surface area contributed by atoms with Crippen LogP contribution in [0, 0.1) is 0 Å². The summed E-state index contributed by atoms with van der Waals surface area (Å²) >= 11 is 0. The van der Waals surface area contributed by atoms with Gasteiger partial charge in [0.25, 0.3) is 0 Å². The van der Waals surface area contributed by atoms with Gasteiger partial charge in [-0.3, -0.25) is 0 Å². The van der Waals surface area contributed by atoms with Gasteiger partial charge in [-0.1, -0.05) is 18.2 Å². The third-order valence-electron chi connectivity index (χ3n) is 4.01. The summed E-state index contributed by atoms with van der Waals surface area (Å²) in [5.74, 6) is 1.93. The molecule has 0 saturated heterocycles. The van der Waals surface area contributed by atoms with E-state index in [0.29, 0.717) is 38.0 Å². The summed E-state index contributed by atoms with van der Waals surface area (Å²) in [6.07, 6.45) is -3.13. The molecule has 11 heteroatoms. The highest BCUT2D eigenvalue weighted by molar-refractivity contribution is 14.0. The minimum Gasteiger partial charge on any atom is -0.486 e. The lowest BCUT2D eigenvalue weighted by Gasteiger charge is -2.27. The van der Waals surface area contributed by atoms with Crippen molar-refractivity contribution in [3.63, 3.8) is 0 Å². The molecule has 1 unspecified atom stereocenters. The average molecular weight is 552 g/mol. The van der Waals surface area contributed by atoms with Crippen molar-refractivity contribution in [1.82, 2.24) is 15.6 Å². The van der Waals surface area contributed by atoms with E-state index in [2.05, 4.69) is 25.3 Å². The molecule has 2 aromatic rings. The number of hydrogen-bond acceptors (Lipinski definition) is 5. The highest BCUT2D eigenvalue weighted by atomic mass is 127. The van der Waals surface area contributed by atoms with Gasteiger partial charge in [-0.25, -0.2) is 9.98 Å². The van der Waals surface area contributed by atoms with Crippen LogP contribution in [0.3, 0.4) is 0 Å². The van der Waals surface area contributed by atoms with Crippen LogP contribution >= 0.6 is 24.0 Å². The predicted octanol–water partition coefficient (Wildman–Crippen LogP) is 3.54. The van der Waals surface area contributed by atoms with Gasteiger partial charge >= 0.3 is 6.18 Å². The van der Waals surface area contributed by atoms with Gasteiger partial charge in [0.1, 0.15) is 12.7 Å². The molecule has 2 N–H and O–H groups in total. The topological polar surface area (TPSA) is 77.0 Å². The fourth-order valence-corrected chi connectivity index (χ4v) is 2.63. The summed E-state index contributed by atoms with van der Waals surface area (Å²) in [5.41, 5.74) is 0.734. The molecular weight excluding hydrogens is 528 g/mol. The van der Waals surface area contributed by atoms with Crippen LogP contribution in [-0.2, 0) is 6.54 Å². The zero-order valence-electron chi connectivity index (χ0n) is 16.8. The Morgan fingerprint density at radius 3 is 2.65 bits per heavy atom. The quantitative estimate of drug-likeness (QED) is 0.311. The van der Waals surface area contributed by atoms with E-state index in [1.54, 1.807) is 6.07 Å². The standard InChI is InChI=1S/C20H23F3N4O3.HI/c1-2-24-19(27-11-15-12-28-16-5-3-4-6-17(16)30-15)26-10-14-7-8-18(25-9-14)29-13-20(21,22)23;/h3-9,15H,2,10-13H2,1H3,(H2,24,26,27);1H. The summed E-state index contributed by atoms with van der Waals surface area (Å²) in [4.78, 5) is 8.34. The van der Waals surface area contributed by atoms with Crippen LogP contribution in [0.1, 0.15) is 12.5 Å². The van der Waals surface area contributed by atoms with Crippen molar-refractivity contribution in [3.8, 4) is 17.4 Å². The number of para-hydroxylation sites is 2. The van der Waals surface area contributed by atoms with Gasteiger partial charge in [0.15, 0.2) is 24.1 Å². The lowest BCUT2D eigenvalue weighted by atomic mass is 10.2. The van der Waals surface area contributed by atoms with Crippen molar-refractivity contribution in [3.05, 3.63) is 48.2 Å². The SMILES string of the molecule is CCNC(=NCc1ccc(OCC(F)(F)F)nc1)NCC1COc2ccccc2O1.I. The van der Waals surface area contributed by atoms with E-state index in [1.807, 2.05) is 31.2 Å². The molecule has 0 radical (unpaired) electrons. The van der Waals surface area contributed by atoms with Crippen molar-refractivity contribution in [2.24, 2.45) is 4.99 Å². The van der Waals surface area contributed by atoms with Crippen LogP contribution in [0.2, 0.25) is 0 Å². The van der Waals surface area contributed by atoms with Gasteiger partial charge in [0.05, 0.1) is 13.1 Å². The number of rotatable bonds is 7. The summed E-state index contributed by atoms with van der Waals surface area (Å²) in [6, 6.07) is 10.5. The lowest BCUT2D eigenvalue weighted by Crippen LogP contribution is -2.45. The van der Waals surface area contributed by atoms with Crippen molar-refractivity contribution >= 4 is 29.9 Å². The highest BCUT2D eigenvalue weighted by Crippen LogP contribution is 2.30. The maximum atomic E-state index is 12.2. The number of nitrogens with zero attached hydrogens (tertiary/aromatic N) is 2. The second kappa shape index (κ2) is 11.8. The van der Waals surface area contributed by atoms with Gasteiger partial charge in [-0.2, -0.15) is 13.2 Å². The molecule has 1 aromatic heterocycles. The zero-order chi connectivity index (χ0) is 21.4. The molecule has 3 rings (SSSR count). The van der Waals surface area contributed by atoms with Crippen molar-refractivity contribution in [1.29, 1.82) is 0 Å². The Balaban J connectivity index is 0.00000341. The summed E-state index contributed by atoms with van der Waals surface area (Å²) in [7, 11) is 0. The molecule has 2 heterocycles. The number of hydrogen-bond donors (Lipinski definition) is 2. The second-order valence-corrected chi connectivity index (χ2v) is 6.48. The first-order valence-corrected chi connectivity index (χ1v) is 9.48. The number of halogens is 4. The Morgan fingerprint density at radius 1 is 1.19 bits per heavy atom. The van der Waals surface area contributed by atoms with Crippen LogP contribution in [0.25, 0.3) is 0 Å². The predicted molar refractivity (Wildman–Crippen MR) is 120 cm³/mol. The molecule has 1 aliphatic heterocycles. The first-order valence-electron chi connectivity index (χ1n) is 9.48. The number of fused-ring (bicyclic) bond motifs is 1. The number of guanidine groups is 1.